The van der Waals surface area contributed by atoms with Crippen LogP contribution in [0.25, 0.3) is 16.7 Å². The van der Waals surface area contributed by atoms with Crippen LogP contribution in [0.4, 0.5) is 0 Å². The van der Waals surface area contributed by atoms with Crippen molar-refractivity contribution in [1.82, 2.24) is 24.2 Å². The van der Waals surface area contributed by atoms with Crippen LogP contribution >= 0.6 is 0 Å². The summed E-state index contributed by atoms with van der Waals surface area (Å²) in [5.41, 5.74) is 0.966. The number of hydrogen-bond acceptors (Lipinski definition) is 4. The van der Waals surface area contributed by atoms with Crippen LogP contribution < -0.4 is 5.56 Å². The van der Waals surface area contributed by atoms with Crippen molar-refractivity contribution in [2.45, 2.75) is 6.54 Å². The summed E-state index contributed by atoms with van der Waals surface area (Å²) >= 11 is 0. The number of para-hydroxylation sites is 1. The van der Waals surface area contributed by atoms with Crippen molar-refractivity contribution in [2.24, 2.45) is 0 Å². The molecular formula is C19H19N5O2. The van der Waals surface area contributed by atoms with Crippen molar-refractivity contribution in [3.05, 3.63) is 78.5 Å². The van der Waals surface area contributed by atoms with Gasteiger partial charge in [-0.2, -0.15) is 5.10 Å². The second-order valence-corrected chi connectivity index (χ2v) is 5.68. The Morgan fingerprint density at radius 1 is 1.15 bits per heavy atom. The third-order valence-corrected chi connectivity index (χ3v) is 3.91. The Kier molecular flexibility index (Phi) is 5.07. The number of carbonyl (C=O) groups is 1. The van der Waals surface area contributed by atoms with Crippen molar-refractivity contribution in [2.75, 3.05) is 13.1 Å². The molecule has 3 rings (SSSR count). The second-order valence-electron chi connectivity index (χ2n) is 5.68. The van der Waals surface area contributed by atoms with Crippen LogP contribution in [0.1, 0.15) is 0 Å². The van der Waals surface area contributed by atoms with Crippen LogP contribution in [0.2, 0.25) is 0 Å². The maximum atomic E-state index is 12.7. The predicted octanol–water partition coefficient (Wildman–Crippen LogP) is 1.78. The van der Waals surface area contributed by atoms with Gasteiger partial charge in [0.15, 0.2) is 5.65 Å². The SMILES string of the molecule is C=CCN(CC=C)C(=O)Cn1cnc2c(cnn2-c2ccccc2)c1=O. The number of amides is 1. The Balaban J connectivity index is 1.93. The fraction of sp³-hybridized carbons (Fsp3) is 0.158. The molecule has 2 heterocycles. The van der Waals surface area contributed by atoms with Gasteiger partial charge in [0.1, 0.15) is 18.3 Å². The van der Waals surface area contributed by atoms with E-state index in [0.717, 1.165) is 5.69 Å². The number of carbonyl (C=O) groups excluding carboxylic acids is 1. The van der Waals surface area contributed by atoms with E-state index in [1.165, 1.54) is 17.1 Å². The van der Waals surface area contributed by atoms with Crippen LogP contribution in [-0.4, -0.2) is 43.2 Å². The smallest absolute Gasteiger partial charge is 0.264 e. The Hall–Kier alpha value is -3.48. The third-order valence-electron chi connectivity index (χ3n) is 3.91. The van der Waals surface area contributed by atoms with E-state index in [2.05, 4.69) is 23.2 Å². The molecule has 0 saturated carbocycles. The maximum Gasteiger partial charge on any atom is 0.264 e. The molecule has 132 valence electrons. The lowest BCUT2D eigenvalue weighted by molar-refractivity contribution is -0.130. The summed E-state index contributed by atoms with van der Waals surface area (Å²) in [6.07, 6.45) is 6.12. The first kappa shape index (κ1) is 17.3. The maximum absolute atomic E-state index is 12.7. The van der Waals surface area contributed by atoms with E-state index in [0.29, 0.717) is 24.1 Å². The molecule has 0 aliphatic heterocycles. The predicted molar refractivity (Wildman–Crippen MR) is 100 cm³/mol. The molecule has 2 aromatic heterocycles. The molecule has 0 radical (unpaired) electrons. The normalized spacial score (nSPS) is 10.6. The first-order chi connectivity index (χ1) is 12.7. The summed E-state index contributed by atoms with van der Waals surface area (Å²) in [5, 5.41) is 4.62. The van der Waals surface area contributed by atoms with Gasteiger partial charge < -0.3 is 4.90 Å². The molecule has 0 aliphatic carbocycles. The molecule has 0 aliphatic rings. The van der Waals surface area contributed by atoms with Crippen molar-refractivity contribution in [3.8, 4) is 5.69 Å². The van der Waals surface area contributed by atoms with Gasteiger partial charge in [0, 0.05) is 13.1 Å². The molecule has 7 heteroatoms. The monoisotopic (exact) mass is 349 g/mol. The lowest BCUT2D eigenvalue weighted by Gasteiger charge is -2.19. The highest BCUT2D eigenvalue weighted by Gasteiger charge is 2.15. The van der Waals surface area contributed by atoms with Crippen LogP contribution in [0.5, 0.6) is 0 Å². The molecule has 0 atom stereocenters. The topological polar surface area (TPSA) is 73.0 Å². The summed E-state index contributed by atoms with van der Waals surface area (Å²) in [4.78, 5) is 31.0. The zero-order valence-electron chi connectivity index (χ0n) is 14.3. The number of benzene rings is 1. The lowest BCUT2D eigenvalue weighted by atomic mass is 10.3. The first-order valence-electron chi connectivity index (χ1n) is 8.14. The molecule has 0 bridgehead atoms. The van der Waals surface area contributed by atoms with Crippen molar-refractivity contribution in [1.29, 1.82) is 0 Å². The largest absolute Gasteiger partial charge is 0.334 e. The third kappa shape index (κ3) is 3.32. The van der Waals surface area contributed by atoms with Gasteiger partial charge in [-0.1, -0.05) is 30.4 Å². The number of nitrogens with zero attached hydrogens (tertiary/aromatic N) is 5. The van der Waals surface area contributed by atoms with Crippen LogP contribution in [0, 0.1) is 0 Å². The number of hydrogen-bond donors (Lipinski definition) is 0. The van der Waals surface area contributed by atoms with Gasteiger partial charge in [0.05, 0.1) is 11.9 Å². The number of aromatic nitrogens is 4. The molecule has 0 unspecified atom stereocenters. The Labute approximate surface area is 150 Å². The van der Waals surface area contributed by atoms with Gasteiger partial charge in [-0.25, -0.2) is 9.67 Å². The number of rotatable bonds is 7. The minimum Gasteiger partial charge on any atom is -0.334 e. The first-order valence-corrected chi connectivity index (χ1v) is 8.14. The van der Waals surface area contributed by atoms with E-state index >= 15 is 0 Å². The molecule has 0 fully saturated rings. The van der Waals surface area contributed by atoms with E-state index < -0.39 is 0 Å². The summed E-state index contributed by atoms with van der Waals surface area (Å²) in [5.74, 6) is -0.205. The molecule has 0 spiro atoms. The summed E-state index contributed by atoms with van der Waals surface area (Å²) < 4.78 is 2.89. The molecule has 26 heavy (non-hydrogen) atoms. The van der Waals surface area contributed by atoms with E-state index in [-0.39, 0.29) is 18.0 Å². The van der Waals surface area contributed by atoms with E-state index in [4.69, 9.17) is 0 Å². The quantitative estimate of drug-likeness (QED) is 0.610. The Morgan fingerprint density at radius 3 is 2.50 bits per heavy atom. The molecule has 1 aromatic carbocycles. The Bertz CT molecular complexity index is 994. The van der Waals surface area contributed by atoms with Gasteiger partial charge in [0.2, 0.25) is 5.91 Å². The van der Waals surface area contributed by atoms with Crippen LogP contribution in [0.15, 0.2) is 73.0 Å². The summed E-state index contributed by atoms with van der Waals surface area (Å²) in [7, 11) is 0. The lowest BCUT2D eigenvalue weighted by Crippen LogP contribution is -2.36. The molecular weight excluding hydrogens is 330 g/mol. The average Bonchev–Trinajstić information content (AvgIpc) is 3.09. The van der Waals surface area contributed by atoms with Crippen molar-refractivity contribution >= 4 is 16.9 Å². The van der Waals surface area contributed by atoms with Gasteiger partial charge in [-0.3, -0.25) is 14.2 Å². The van der Waals surface area contributed by atoms with E-state index in [1.54, 1.807) is 21.7 Å². The van der Waals surface area contributed by atoms with Gasteiger partial charge in [-0.05, 0) is 12.1 Å². The van der Waals surface area contributed by atoms with Crippen LogP contribution in [-0.2, 0) is 11.3 Å². The van der Waals surface area contributed by atoms with Crippen molar-refractivity contribution < 1.29 is 4.79 Å². The van der Waals surface area contributed by atoms with Crippen molar-refractivity contribution in [3.63, 3.8) is 0 Å². The minimum absolute atomic E-state index is 0.0973. The molecule has 3 aromatic rings. The van der Waals surface area contributed by atoms with Gasteiger partial charge in [0.25, 0.3) is 5.56 Å². The average molecular weight is 349 g/mol. The fourth-order valence-electron chi connectivity index (χ4n) is 2.65. The highest BCUT2D eigenvalue weighted by molar-refractivity contribution is 5.78. The van der Waals surface area contributed by atoms with Gasteiger partial charge >= 0.3 is 0 Å². The number of fused-ring (bicyclic) bond motifs is 1. The summed E-state index contributed by atoms with van der Waals surface area (Å²) in [6.45, 7) is 7.97. The standard InChI is InChI=1S/C19H19N5O2/c1-3-10-22(11-4-2)17(25)13-23-14-20-18-16(19(23)26)12-21-24(18)15-8-6-5-7-9-15/h3-9,12,14H,1-2,10-11,13H2. The molecule has 7 nitrogen and oxygen atoms in total. The summed E-state index contributed by atoms with van der Waals surface area (Å²) in [6, 6.07) is 9.43. The molecule has 1 amide bonds. The molecule has 0 saturated heterocycles. The highest BCUT2D eigenvalue weighted by Crippen LogP contribution is 2.12. The minimum atomic E-state index is -0.303. The Morgan fingerprint density at radius 2 is 1.85 bits per heavy atom. The van der Waals surface area contributed by atoms with Gasteiger partial charge in [-0.15, -0.1) is 13.2 Å². The zero-order valence-corrected chi connectivity index (χ0v) is 14.3. The van der Waals surface area contributed by atoms with E-state index in [1.807, 2.05) is 30.3 Å². The molecule has 0 N–H and O–H groups in total. The fourth-order valence-corrected chi connectivity index (χ4v) is 2.65. The van der Waals surface area contributed by atoms with Crippen LogP contribution in [0.3, 0.4) is 0 Å². The van der Waals surface area contributed by atoms with E-state index in [9.17, 15) is 9.59 Å². The zero-order chi connectivity index (χ0) is 18.5. The second kappa shape index (κ2) is 7.60. The highest BCUT2D eigenvalue weighted by atomic mass is 16.2.